The second-order valence-corrected chi connectivity index (χ2v) is 5.50. The third-order valence-corrected chi connectivity index (χ3v) is 3.67. The summed E-state index contributed by atoms with van der Waals surface area (Å²) in [5.74, 6) is -0.994. The van der Waals surface area contributed by atoms with E-state index in [0.29, 0.717) is 5.52 Å². The highest BCUT2D eigenvalue weighted by Crippen LogP contribution is 2.34. The largest absolute Gasteiger partial charge is 0.478 e. The Morgan fingerprint density at radius 3 is 2.67 bits per heavy atom. The molecule has 94 valence electrons. The van der Waals surface area contributed by atoms with Crippen LogP contribution in [0.15, 0.2) is 22.7 Å². The van der Waals surface area contributed by atoms with Crippen molar-refractivity contribution in [3.63, 3.8) is 0 Å². The molecule has 0 saturated carbocycles. The Balaban J connectivity index is 2.99. The number of para-hydroxylation sites is 1. The van der Waals surface area contributed by atoms with Gasteiger partial charge >= 0.3 is 5.97 Å². The summed E-state index contributed by atoms with van der Waals surface area (Å²) in [5, 5.41) is 10.1. The van der Waals surface area contributed by atoms with Crippen molar-refractivity contribution in [2.75, 3.05) is 0 Å². The minimum atomic E-state index is -1.04. The van der Waals surface area contributed by atoms with Gasteiger partial charge in [0.2, 0.25) is 0 Å². The molecule has 18 heavy (non-hydrogen) atoms. The molecule has 0 amide bonds. The maximum Gasteiger partial charge on any atom is 0.339 e. The second kappa shape index (κ2) is 4.86. The van der Waals surface area contributed by atoms with E-state index in [-0.39, 0.29) is 16.6 Å². The smallest absolute Gasteiger partial charge is 0.339 e. The normalized spacial score (nSPS) is 11.2. The Morgan fingerprint density at radius 1 is 1.44 bits per heavy atom. The van der Waals surface area contributed by atoms with E-state index in [9.17, 15) is 9.90 Å². The van der Waals surface area contributed by atoms with Crippen LogP contribution in [0.25, 0.3) is 10.9 Å². The van der Waals surface area contributed by atoms with Gasteiger partial charge in [-0.3, -0.25) is 0 Å². The Hall–Kier alpha value is -1.13. The first-order valence-corrected chi connectivity index (χ1v) is 6.61. The van der Waals surface area contributed by atoms with Gasteiger partial charge in [-0.15, -0.1) is 0 Å². The van der Waals surface area contributed by atoms with Crippen LogP contribution >= 0.6 is 27.5 Å². The number of carboxylic acid groups (broad SMARTS) is 1. The van der Waals surface area contributed by atoms with Crippen LogP contribution in [-0.4, -0.2) is 16.1 Å². The summed E-state index contributed by atoms with van der Waals surface area (Å²) in [4.78, 5) is 15.5. The van der Waals surface area contributed by atoms with Crippen LogP contribution in [0.1, 0.15) is 35.7 Å². The molecule has 2 aromatic rings. The van der Waals surface area contributed by atoms with Gasteiger partial charge in [0, 0.05) is 9.86 Å². The number of fused-ring (bicyclic) bond motifs is 1. The lowest BCUT2D eigenvalue weighted by Gasteiger charge is -2.15. The summed E-state index contributed by atoms with van der Waals surface area (Å²) in [7, 11) is 0. The molecule has 0 atom stereocenters. The zero-order valence-electron chi connectivity index (χ0n) is 9.87. The number of nitrogens with zero attached hydrogens (tertiary/aromatic N) is 1. The number of benzene rings is 1. The highest BCUT2D eigenvalue weighted by Gasteiger charge is 2.22. The number of aromatic nitrogens is 1. The molecule has 1 N–H and O–H groups in total. The fourth-order valence-electron chi connectivity index (χ4n) is 2.05. The minimum absolute atomic E-state index is 0.0330. The fraction of sp³-hybridized carbons (Fsp3) is 0.231. The van der Waals surface area contributed by atoms with E-state index in [1.54, 1.807) is 0 Å². The summed E-state index contributed by atoms with van der Waals surface area (Å²) in [6.45, 7) is 3.89. The average molecular weight is 329 g/mol. The van der Waals surface area contributed by atoms with Gasteiger partial charge in [-0.2, -0.15) is 0 Å². The Labute approximate surface area is 118 Å². The molecule has 0 unspecified atom stereocenters. The van der Waals surface area contributed by atoms with E-state index in [1.807, 2.05) is 32.0 Å². The lowest BCUT2D eigenvalue weighted by atomic mass is 9.94. The molecular weight excluding hydrogens is 318 g/mol. The lowest BCUT2D eigenvalue weighted by molar-refractivity contribution is 0.0695. The van der Waals surface area contributed by atoms with E-state index >= 15 is 0 Å². The first-order valence-electron chi connectivity index (χ1n) is 5.44. The number of carboxylic acids is 1. The molecule has 0 aliphatic carbocycles. The number of pyridine rings is 1. The zero-order chi connectivity index (χ0) is 13.4. The Bertz CT molecular complexity index is 640. The second-order valence-electron chi connectivity index (χ2n) is 4.29. The van der Waals surface area contributed by atoms with Crippen molar-refractivity contribution in [3.8, 4) is 0 Å². The molecule has 0 spiro atoms. The van der Waals surface area contributed by atoms with Crippen molar-refractivity contribution in [1.29, 1.82) is 0 Å². The van der Waals surface area contributed by atoms with E-state index in [2.05, 4.69) is 20.9 Å². The molecule has 1 aromatic carbocycles. The molecule has 0 radical (unpaired) electrons. The first kappa shape index (κ1) is 13.3. The molecule has 0 bridgehead atoms. The average Bonchev–Trinajstić information content (AvgIpc) is 2.28. The third-order valence-electron chi connectivity index (χ3n) is 2.75. The first-order chi connectivity index (χ1) is 8.43. The SMILES string of the molecule is CC(C)c1c(C(=O)O)c(Cl)nc2c(Br)cccc12. The predicted molar refractivity (Wildman–Crippen MR) is 75.5 cm³/mol. The number of halogens is 2. The van der Waals surface area contributed by atoms with Gasteiger partial charge in [-0.05, 0) is 33.5 Å². The molecule has 0 aliphatic rings. The van der Waals surface area contributed by atoms with Gasteiger partial charge < -0.3 is 5.11 Å². The topological polar surface area (TPSA) is 50.2 Å². The van der Waals surface area contributed by atoms with Crippen molar-refractivity contribution in [3.05, 3.63) is 39.0 Å². The van der Waals surface area contributed by atoms with Crippen LogP contribution in [0.4, 0.5) is 0 Å². The van der Waals surface area contributed by atoms with Crippen LogP contribution in [0, 0.1) is 0 Å². The number of hydrogen-bond acceptors (Lipinski definition) is 2. The number of hydrogen-bond donors (Lipinski definition) is 1. The van der Waals surface area contributed by atoms with Crippen molar-refractivity contribution < 1.29 is 9.90 Å². The zero-order valence-corrected chi connectivity index (χ0v) is 12.2. The quantitative estimate of drug-likeness (QED) is 0.827. The van der Waals surface area contributed by atoms with Gasteiger partial charge in [0.25, 0.3) is 0 Å². The van der Waals surface area contributed by atoms with E-state index in [1.165, 1.54) is 0 Å². The highest BCUT2D eigenvalue weighted by molar-refractivity contribution is 9.10. The molecule has 1 heterocycles. The monoisotopic (exact) mass is 327 g/mol. The number of aromatic carboxylic acids is 1. The van der Waals surface area contributed by atoms with Crippen molar-refractivity contribution in [2.45, 2.75) is 19.8 Å². The maximum absolute atomic E-state index is 11.3. The summed E-state index contributed by atoms with van der Waals surface area (Å²) in [6.07, 6.45) is 0. The molecule has 2 rings (SSSR count). The highest BCUT2D eigenvalue weighted by atomic mass is 79.9. The van der Waals surface area contributed by atoms with Crippen molar-refractivity contribution in [1.82, 2.24) is 4.98 Å². The molecular formula is C13H11BrClNO2. The molecule has 1 aromatic heterocycles. The Morgan fingerprint density at radius 2 is 2.11 bits per heavy atom. The third kappa shape index (κ3) is 2.10. The van der Waals surface area contributed by atoms with Crippen LogP contribution in [0.3, 0.4) is 0 Å². The van der Waals surface area contributed by atoms with Crippen LogP contribution in [0.5, 0.6) is 0 Å². The molecule has 0 saturated heterocycles. The van der Waals surface area contributed by atoms with Crippen LogP contribution in [-0.2, 0) is 0 Å². The fourth-order valence-corrected chi connectivity index (χ4v) is 2.77. The standard InChI is InChI=1S/C13H11BrClNO2/c1-6(2)9-7-4-3-5-8(14)11(7)16-12(15)10(9)13(17)18/h3-6H,1-2H3,(H,17,18). The summed E-state index contributed by atoms with van der Waals surface area (Å²) < 4.78 is 0.806. The number of rotatable bonds is 2. The van der Waals surface area contributed by atoms with Gasteiger partial charge in [0.1, 0.15) is 10.7 Å². The number of carbonyl (C=O) groups is 1. The Kier molecular flexibility index (Phi) is 3.59. The van der Waals surface area contributed by atoms with Crippen LogP contribution in [0.2, 0.25) is 5.15 Å². The molecule has 3 nitrogen and oxygen atoms in total. The van der Waals surface area contributed by atoms with E-state index in [4.69, 9.17) is 11.6 Å². The summed E-state index contributed by atoms with van der Waals surface area (Å²) in [5.41, 5.74) is 1.51. The summed E-state index contributed by atoms with van der Waals surface area (Å²) in [6, 6.07) is 5.58. The van der Waals surface area contributed by atoms with Gasteiger partial charge in [0.05, 0.1) is 5.52 Å². The van der Waals surface area contributed by atoms with Gasteiger partial charge in [0.15, 0.2) is 0 Å². The van der Waals surface area contributed by atoms with E-state index < -0.39 is 5.97 Å². The predicted octanol–water partition coefficient (Wildman–Crippen LogP) is 4.47. The minimum Gasteiger partial charge on any atom is -0.478 e. The van der Waals surface area contributed by atoms with Gasteiger partial charge in [-0.25, -0.2) is 9.78 Å². The van der Waals surface area contributed by atoms with Crippen molar-refractivity contribution >= 4 is 44.4 Å². The molecule has 0 fully saturated rings. The van der Waals surface area contributed by atoms with Crippen molar-refractivity contribution in [2.24, 2.45) is 0 Å². The lowest BCUT2D eigenvalue weighted by Crippen LogP contribution is -2.07. The van der Waals surface area contributed by atoms with Gasteiger partial charge in [-0.1, -0.05) is 37.6 Å². The molecule has 5 heteroatoms. The maximum atomic E-state index is 11.3. The summed E-state index contributed by atoms with van der Waals surface area (Å²) >= 11 is 9.41. The van der Waals surface area contributed by atoms with E-state index in [0.717, 1.165) is 15.4 Å². The molecule has 0 aliphatic heterocycles. The van der Waals surface area contributed by atoms with Crippen LogP contribution < -0.4 is 0 Å².